The standard InChI is InChI=1S/C12H16O2/c1-2-10(8-12(14)9-13)11-6-4-3-5-7-11/h3-7,10,13H,2,8-9H2,1H3/t10-/m1/s1. The summed E-state index contributed by atoms with van der Waals surface area (Å²) in [6.07, 6.45) is 1.37. The highest BCUT2D eigenvalue weighted by molar-refractivity contribution is 5.80. The molecule has 0 radical (unpaired) electrons. The summed E-state index contributed by atoms with van der Waals surface area (Å²) in [6.45, 7) is 1.71. The Morgan fingerprint density at radius 2 is 2.00 bits per heavy atom. The number of hydrogen-bond donors (Lipinski definition) is 1. The maximum absolute atomic E-state index is 11.1. The zero-order valence-corrected chi connectivity index (χ0v) is 8.44. The van der Waals surface area contributed by atoms with Gasteiger partial charge in [0.05, 0.1) is 0 Å². The maximum atomic E-state index is 11.1. The van der Waals surface area contributed by atoms with E-state index in [1.54, 1.807) is 0 Å². The van der Waals surface area contributed by atoms with E-state index in [1.165, 1.54) is 5.56 Å². The zero-order chi connectivity index (χ0) is 10.4. The molecule has 0 aliphatic rings. The monoisotopic (exact) mass is 192 g/mol. The minimum Gasteiger partial charge on any atom is -0.389 e. The van der Waals surface area contributed by atoms with Gasteiger partial charge in [0.25, 0.3) is 0 Å². The van der Waals surface area contributed by atoms with Crippen LogP contribution in [0.4, 0.5) is 0 Å². The van der Waals surface area contributed by atoms with Crippen molar-refractivity contribution in [3.05, 3.63) is 35.9 Å². The van der Waals surface area contributed by atoms with E-state index in [0.29, 0.717) is 6.42 Å². The van der Waals surface area contributed by atoms with E-state index in [-0.39, 0.29) is 18.3 Å². The van der Waals surface area contributed by atoms with Crippen LogP contribution in [0.3, 0.4) is 0 Å². The van der Waals surface area contributed by atoms with Gasteiger partial charge < -0.3 is 5.11 Å². The van der Waals surface area contributed by atoms with Crippen LogP contribution in [0.2, 0.25) is 0 Å². The molecule has 1 aromatic carbocycles. The molecule has 0 amide bonds. The van der Waals surface area contributed by atoms with Crippen LogP contribution in [-0.4, -0.2) is 17.5 Å². The van der Waals surface area contributed by atoms with Gasteiger partial charge in [0.1, 0.15) is 6.61 Å². The van der Waals surface area contributed by atoms with Gasteiger partial charge in [-0.1, -0.05) is 37.3 Å². The van der Waals surface area contributed by atoms with Crippen molar-refractivity contribution in [1.82, 2.24) is 0 Å². The minimum atomic E-state index is -0.344. The fourth-order valence-electron chi connectivity index (χ4n) is 1.56. The molecule has 0 aliphatic carbocycles. The summed E-state index contributed by atoms with van der Waals surface area (Å²) in [7, 11) is 0. The molecule has 0 unspecified atom stereocenters. The lowest BCUT2D eigenvalue weighted by Crippen LogP contribution is -2.09. The SMILES string of the molecule is CC[C@H](CC(=O)CO)c1ccccc1. The van der Waals surface area contributed by atoms with E-state index in [9.17, 15) is 4.79 Å². The summed E-state index contributed by atoms with van der Waals surface area (Å²) in [5, 5.41) is 8.68. The third-order valence-electron chi connectivity index (χ3n) is 2.41. The average molecular weight is 192 g/mol. The fourth-order valence-corrected chi connectivity index (χ4v) is 1.56. The van der Waals surface area contributed by atoms with E-state index < -0.39 is 0 Å². The van der Waals surface area contributed by atoms with Crippen molar-refractivity contribution in [2.24, 2.45) is 0 Å². The Morgan fingerprint density at radius 3 is 2.50 bits per heavy atom. The van der Waals surface area contributed by atoms with Gasteiger partial charge in [-0.15, -0.1) is 0 Å². The number of Topliss-reactive ketones (excluding diaryl/α,β-unsaturated/α-hetero) is 1. The van der Waals surface area contributed by atoms with Crippen LogP contribution in [-0.2, 0) is 4.79 Å². The molecule has 0 bridgehead atoms. The summed E-state index contributed by atoms with van der Waals surface area (Å²) in [6, 6.07) is 9.96. The Hall–Kier alpha value is -1.15. The molecule has 1 N–H and O–H groups in total. The Kier molecular flexibility index (Phi) is 4.33. The van der Waals surface area contributed by atoms with Crippen LogP contribution < -0.4 is 0 Å². The Balaban J connectivity index is 2.68. The average Bonchev–Trinajstić information content (AvgIpc) is 2.26. The molecular formula is C12H16O2. The van der Waals surface area contributed by atoms with Gasteiger partial charge in [0.2, 0.25) is 0 Å². The smallest absolute Gasteiger partial charge is 0.158 e. The second-order valence-electron chi connectivity index (χ2n) is 3.42. The summed E-state index contributed by atoms with van der Waals surface area (Å²) in [5.41, 5.74) is 1.18. The molecule has 0 saturated heterocycles. The second-order valence-corrected chi connectivity index (χ2v) is 3.42. The van der Waals surface area contributed by atoms with Crippen LogP contribution in [0, 0.1) is 0 Å². The molecule has 76 valence electrons. The lowest BCUT2D eigenvalue weighted by atomic mass is 9.92. The van der Waals surface area contributed by atoms with Gasteiger partial charge in [-0.05, 0) is 17.9 Å². The predicted octanol–water partition coefficient (Wildman–Crippen LogP) is 2.13. The van der Waals surface area contributed by atoms with Crippen LogP contribution in [0.1, 0.15) is 31.2 Å². The lowest BCUT2D eigenvalue weighted by Gasteiger charge is -2.13. The molecule has 0 aromatic heterocycles. The van der Waals surface area contributed by atoms with E-state index in [2.05, 4.69) is 6.92 Å². The number of ketones is 1. The number of aliphatic hydroxyl groups excluding tert-OH is 1. The first-order chi connectivity index (χ1) is 6.77. The topological polar surface area (TPSA) is 37.3 Å². The van der Waals surface area contributed by atoms with Crippen LogP contribution in [0.25, 0.3) is 0 Å². The van der Waals surface area contributed by atoms with E-state index in [4.69, 9.17) is 5.11 Å². The van der Waals surface area contributed by atoms with Crippen molar-refractivity contribution < 1.29 is 9.90 Å². The Morgan fingerprint density at radius 1 is 1.36 bits per heavy atom. The van der Waals surface area contributed by atoms with Gasteiger partial charge >= 0.3 is 0 Å². The minimum absolute atomic E-state index is 0.0827. The van der Waals surface area contributed by atoms with Gasteiger partial charge in [-0.2, -0.15) is 0 Å². The third kappa shape index (κ3) is 2.96. The van der Waals surface area contributed by atoms with Crippen LogP contribution in [0.15, 0.2) is 30.3 Å². The van der Waals surface area contributed by atoms with Gasteiger partial charge in [-0.3, -0.25) is 4.79 Å². The molecule has 0 saturated carbocycles. The fraction of sp³-hybridized carbons (Fsp3) is 0.417. The molecule has 0 aliphatic heterocycles. The molecule has 1 rings (SSSR count). The maximum Gasteiger partial charge on any atom is 0.158 e. The number of carbonyl (C=O) groups excluding carboxylic acids is 1. The zero-order valence-electron chi connectivity index (χ0n) is 8.44. The molecule has 0 heterocycles. The van der Waals surface area contributed by atoms with Crippen molar-refractivity contribution in [2.45, 2.75) is 25.7 Å². The molecule has 2 heteroatoms. The highest BCUT2D eigenvalue weighted by Gasteiger charge is 2.12. The number of rotatable bonds is 5. The van der Waals surface area contributed by atoms with Crippen molar-refractivity contribution in [2.75, 3.05) is 6.61 Å². The van der Waals surface area contributed by atoms with Crippen LogP contribution >= 0.6 is 0 Å². The summed E-state index contributed by atoms with van der Waals surface area (Å²) < 4.78 is 0. The second kappa shape index (κ2) is 5.55. The third-order valence-corrected chi connectivity index (χ3v) is 2.41. The summed E-state index contributed by atoms with van der Waals surface area (Å²) >= 11 is 0. The molecule has 1 atom stereocenters. The Bertz CT molecular complexity index is 280. The van der Waals surface area contributed by atoms with Crippen LogP contribution in [0.5, 0.6) is 0 Å². The first-order valence-electron chi connectivity index (χ1n) is 4.95. The van der Waals surface area contributed by atoms with Crippen molar-refractivity contribution in [3.8, 4) is 0 Å². The normalized spacial score (nSPS) is 12.4. The predicted molar refractivity (Wildman–Crippen MR) is 56.2 cm³/mol. The molecular weight excluding hydrogens is 176 g/mol. The number of hydrogen-bond acceptors (Lipinski definition) is 2. The van der Waals surface area contributed by atoms with Crippen molar-refractivity contribution in [1.29, 1.82) is 0 Å². The quantitative estimate of drug-likeness (QED) is 0.776. The van der Waals surface area contributed by atoms with Gasteiger partial charge in [0, 0.05) is 6.42 Å². The molecule has 2 nitrogen and oxygen atoms in total. The van der Waals surface area contributed by atoms with E-state index in [0.717, 1.165) is 6.42 Å². The summed E-state index contributed by atoms with van der Waals surface area (Å²) in [4.78, 5) is 11.1. The van der Waals surface area contributed by atoms with E-state index in [1.807, 2.05) is 30.3 Å². The van der Waals surface area contributed by atoms with Crippen molar-refractivity contribution >= 4 is 5.78 Å². The largest absolute Gasteiger partial charge is 0.389 e. The first kappa shape index (κ1) is 10.9. The highest BCUT2D eigenvalue weighted by atomic mass is 16.3. The number of benzene rings is 1. The summed E-state index contributed by atoms with van der Waals surface area (Å²) in [5.74, 6) is 0.163. The number of carbonyl (C=O) groups is 1. The van der Waals surface area contributed by atoms with Gasteiger partial charge in [0.15, 0.2) is 5.78 Å². The molecule has 0 spiro atoms. The lowest BCUT2D eigenvalue weighted by molar-refractivity contribution is -0.122. The van der Waals surface area contributed by atoms with E-state index >= 15 is 0 Å². The molecule has 1 aromatic rings. The number of aliphatic hydroxyl groups is 1. The Labute approximate surface area is 84.6 Å². The highest BCUT2D eigenvalue weighted by Crippen LogP contribution is 2.22. The van der Waals surface area contributed by atoms with Gasteiger partial charge in [-0.25, -0.2) is 0 Å². The first-order valence-corrected chi connectivity index (χ1v) is 4.95. The molecule has 0 fully saturated rings. The molecule has 14 heavy (non-hydrogen) atoms. The van der Waals surface area contributed by atoms with Crippen molar-refractivity contribution in [3.63, 3.8) is 0 Å².